The molecule has 2 aromatic carbocycles. The summed E-state index contributed by atoms with van der Waals surface area (Å²) >= 11 is 0. The Balaban J connectivity index is 2.47. The second kappa shape index (κ2) is 4.68. The molecule has 0 amide bonds. The van der Waals surface area contributed by atoms with Crippen LogP contribution in [0.25, 0.3) is 11.1 Å². The Bertz CT molecular complexity index is 523. The van der Waals surface area contributed by atoms with Gasteiger partial charge < -0.3 is 0 Å². The minimum Gasteiger partial charge on any atom is -0.192 e. The van der Waals surface area contributed by atoms with Crippen molar-refractivity contribution in [3.8, 4) is 17.2 Å². The number of nitrogens with zero attached hydrogens (tertiary/aromatic N) is 1. The standard InChI is InChI=1S/C14H12BN/c15-9-11-5-7-12(8-6-11)14-4-2-1-3-13(14)10-16/h1-8H,9,15H2. The molecule has 0 aliphatic carbocycles. The summed E-state index contributed by atoms with van der Waals surface area (Å²) in [6.07, 6.45) is 1.04. The third-order valence-corrected chi connectivity index (χ3v) is 2.72. The van der Waals surface area contributed by atoms with Gasteiger partial charge in [0.25, 0.3) is 0 Å². The van der Waals surface area contributed by atoms with Crippen LogP contribution in [-0.2, 0) is 6.32 Å². The number of rotatable bonds is 2. The van der Waals surface area contributed by atoms with Gasteiger partial charge in [0.2, 0.25) is 0 Å². The zero-order valence-corrected chi connectivity index (χ0v) is 9.27. The maximum Gasteiger partial charge on any atom is 0.107 e. The molecule has 0 N–H and O–H groups in total. The summed E-state index contributed by atoms with van der Waals surface area (Å²) in [6, 6.07) is 18.3. The van der Waals surface area contributed by atoms with Crippen molar-refractivity contribution in [3.63, 3.8) is 0 Å². The molecule has 0 unspecified atom stereocenters. The van der Waals surface area contributed by atoms with Crippen LogP contribution in [0.5, 0.6) is 0 Å². The Hall–Kier alpha value is -2.01. The van der Waals surface area contributed by atoms with E-state index in [2.05, 4.69) is 38.2 Å². The molecular weight excluding hydrogens is 193 g/mol. The molecule has 1 nitrogen and oxygen atoms in total. The van der Waals surface area contributed by atoms with Crippen LogP contribution in [0.15, 0.2) is 48.5 Å². The smallest absolute Gasteiger partial charge is 0.107 e. The molecule has 2 heteroatoms. The molecule has 0 saturated carbocycles. The van der Waals surface area contributed by atoms with Gasteiger partial charge in [-0.15, -0.1) is 0 Å². The third-order valence-electron chi connectivity index (χ3n) is 2.72. The number of nitriles is 1. The van der Waals surface area contributed by atoms with E-state index in [4.69, 9.17) is 5.26 Å². The molecule has 0 atom stereocenters. The van der Waals surface area contributed by atoms with E-state index in [1.807, 2.05) is 24.3 Å². The summed E-state index contributed by atoms with van der Waals surface area (Å²) in [5, 5.41) is 9.03. The van der Waals surface area contributed by atoms with Gasteiger partial charge in [0.05, 0.1) is 11.6 Å². The minimum absolute atomic E-state index is 0.728. The first-order chi connectivity index (χ1) is 7.85. The van der Waals surface area contributed by atoms with Gasteiger partial charge in [0.1, 0.15) is 7.85 Å². The first-order valence-electron chi connectivity index (χ1n) is 5.43. The van der Waals surface area contributed by atoms with Gasteiger partial charge in [-0.2, -0.15) is 5.26 Å². The van der Waals surface area contributed by atoms with Crippen LogP contribution in [0.4, 0.5) is 0 Å². The highest BCUT2D eigenvalue weighted by Crippen LogP contribution is 2.23. The van der Waals surface area contributed by atoms with Crippen LogP contribution in [0.2, 0.25) is 0 Å². The summed E-state index contributed by atoms with van der Waals surface area (Å²) in [7, 11) is 2.14. The molecule has 0 heterocycles. The molecule has 0 fully saturated rings. The number of hydrogen-bond donors (Lipinski definition) is 0. The molecule has 0 spiro atoms. The molecule has 2 aromatic rings. The zero-order valence-electron chi connectivity index (χ0n) is 9.27. The van der Waals surface area contributed by atoms with Gasteiger partial charge in [-0.3, -0.25) is 0 Å². The van der Waals surface area contributed by atoms with Gasteiger partial charge in [-0.05, 0) is 17.2 Å². The molecule has 0 aliphatic rings. The maximum atomic E-state index is 9.03. The highest BCUT2D eigenvalue weighted by molar-refractivity contribution is 6.08. The molecule has 16 heavy (non-hydrogen) atoms. The fraction of sp³-hybridized carbons (Fsp3) is 0.0714. The summed E-state index contributed by atoms with van der Waals surface area (Å²) in [4.78, 5) is 0. The van der Waals surface area contributed by atoms with E-state index in [9.17, 15) is 0 Å². The molecule has 0 bridgehead atoms. The summed E-state index contributed by atoms with van der Waals surface area (Å²) in [5.41, 5.74) is 4.16. The predicted octanol–water partition coefficient (Wildman–Crippen LogP) is 2.36. The Morgan fingerprint density at radius 2 is 1.69 bits per heavy atom. The lowest BCUT2D eigenvalue weighted by Gasteiger charge is -2.04. The molecule has 0 saturated heterocycles. The van der Waals surface area contributed by atoms with Crippen molar-refractivity contribution in [2.45, 2.75) is 6.32 Å². The third kappa shape index (κ3) is 1.99. The van der Waals surface area contributed by atoms with Gasteiger partial charge in [-0.1, -0.05) is 54.3 Å². The van der Waals surface area contributed by atoms with E-state index >= 15 is 0 Å². The average molecular weight is 205 g/mol. The van der Waals surface area contributed by atoms with Crippen molar-refractivity contribution in [1.29, 1.82) is 5.26 Å². The lowest BCUT2D eigenvalue weighted by Crippen LogP contribution is -1.86. The van der Waals surface area contributed by atoms with E-state index in [1.165, 1.54) is 5.56 Å². The number of hydrogen-bond acceptors (Lipinski definition) is 1. The highest BCUT2D eigenvalue weighted by atomic mass is 14.2. The normalized spacial score (nSPS) is 9.69. The molecule has 0 aliphatic heterocycles. The minimum atomic E-state index is 0.728. The lowest BCUT2D eigenvalue weighted by atomic mass is 9.94. The molecule has 0 radical (unpaired) electrons. The largest absolute Gasteiger partial charge is 0.192 e. The summed E-state index contributed by atoms with van der Waals surface area (Å²) in [5.74, 6) is 0. The molecule has 0 aromatic heterocycles. The Morgan fingerprint density at radius 3 is 2.31 bits per heavy atom. The first kappa shape index (κ1) is 10.5. The fourth-order valence-electron chi connectivity index (χ4n) is 1.75. The van der Waals surface area contributed by atoms with Crippen LogP contribution in [-0.4, -0.2) is 7.85 Å². The van der Waals surface area contributed by atoms with Crippen molar-refractivity contribution in [3.05, 3.63) is 59.7 Å². The van der Waals surface area contributed by atoms with Crippen molar-refractivity contribution >= 4 is 7.85 Å². The van der Waals surface area contributed by atoms with Gasteiger partial charge in [-0.25, -0.2) is 0 Å². The van der Waals surface area contributed by atoms with Crippen molar-refractivity contribution < 1.29 is 0 Å². The van der Waals surface area contributed by atoms with E-state index in [0.29, 0.717) is 0 Å². The van der Waals surface area contributed by atoms with Crippen molar-refractivity contribution in [1.82, 2.24) is 0 Å². The SMILES string of the molecule is BCc1ccc(-c2ccccc2C#N)cc1. The second-order valence-corrected chi connectivity index (χ2v) is 3.71. The van der Waals surface area contributed by atoms with Gasteiger partial charge >= 0.3 is 0 Å². The second-order valence-electron chi connectivity index (χ2n) is 3.71. The molecule has 2 rings (SSSR count). The number of benzene rings is 2. The van der Waals surface area contributed by atoms with E-state index < -0.39 is 0 Å². The first-order valence-corrected chi connectivity index (χ1v) is 5.43. The van der Waals surface area contributed by atoms with Crippen LogP contribution in [0.3, 0.4) is 0 Å². The van der Waals surface area contributed by atoms with E-state index in [-0.39, 0.29) is 0 Å². The zero-order chi connectivity index (χ0) is 11.4. The average Bonchev–Trinajstić information content (AvgIpc) is 2.39. The summed E-state index contributed by atoms with van der Waals surface area (Å²) in [6.45, 7) is 0. The molecule has 76 valence electrons. The van der Waals surface area contributed by atoms with Crippen LogP contribution >= 0.6 is 0 Å². The topological polar surface area (TPSA) is 23.8 Å². The summed E-state index contributed by atoms with van der Waals surface area (Å²) < 4.78 is 0. The highest BCUT2D eigenvalue weighted by Gasteiger charge is 2.02. The molecular formula is C14H12BN. The quantitative estimate of drug-likeness (QED) is 0.690. The Kier molecular flexibility index (Phi) is 3.07. The van der Waals surface area contributed by atoms with Crippen LogP contribution in [0.1, 0.15) is 11.1 Å². The maximum absolute atomic E-state index is 9.03. The Labute approximate surface area is 96.8 Å². The van der Waals surface area contributed by atoms with Crippen LogP contribution < -0.4 is 0 Å². The Morgan fingerprint density at radius 1 is 1.00 bits per heavy atom. The monoisotopic (exact) mass is 205 g/mol. The predicted molar refractivity (Wildman–Crippen MR) is 68.8 cm³/mol. The van der Waals surface area contributed by atoms with Crippen molar-refractivity contribution in [2.24, 2.45) is 0 Å². The van der Waals surface area contributed by atoms with Gasteiger partial charge in [0.15, 0.2) is 0 Å². The van der Waals surface area contributed by atoms with E-state index in [0.717, 1.165) is 23.0 Å². The van der Waals surface area contributed by atoms with E-state index in [1.54, 1.807) is 0 Å². The van der Waals surface area contributed by atoms with Crippen LogP contribution in [0, 0.1) is 11.3 Å². The van der Waals surface area contributed by atoms with Crippen molar-refractivity contribution in [2.75, 3.05) is 0 Å². The lowest BCUT2D eigenvalue weighted by molar-refractivity contribution is 1.40. The fourth-order valence-corrected chi connectivity index (χ4v) is 1.75. The van der Waals surface area contributed by atoms with Gasteiger partial charge in [0, 0.05) is 0 Å².